The van der Waals surface area contributed by atoms with E-state index in [9.17, 15) is 19.5 Å². The lowest BCUT2D eigenvalue weighted by atomic mass is 10.1. The van der Waals surface area contributed by atoms with Crippen LogP contribution in [0.5, 0.6) is 5.75 Å². The molecule has 0 bridgehead atoms. The van der Waals surface area contributed by atoms with Crippen LogP contribution in [0.3, 0.4) is 0 Å². The van der Waals surface area contributed by atoms with Crippen LogP contribution in [0.25, 0.3) is 11.3 Å². The van der Waals surface area contributed by atoms with E-state index in [1.165, 1.54) is 23.1 Å². The van der Waals surface area contributed by atoms with Gasteiger partial charge in [-0.2, -0.15) is 0 Å². The highest BCUT2D eigenvalue weighted by Crippen LogP contribution is 2.42. The van der Waals surface area contributed by atoms with Gasteiger partial charge in [-0.3, -0.25) is 9.59 Å². The molecule has 2 amide bonds. The number of carbonyl (C=O) groups is 3. The van der Waals surface area contributed by atoms with Crippen molar-refractivity contribution in [3.63, 3.8) is 0 Å². The number of amides is 2. The Morgan fingerprint density at radius 3 is 2.07 bits per heavy atom. The van der Waals surface area contributed by atoms with Gasteiger partial charge in [-0.05, 0) is 54.1 Å². The van der Waals surface area contributed by atoms with Gasteiger partial charge in [0.15, 0.2) is 5.13 Å². The zero-order chi connectivity index (χ0) is 33.0. The summed E-state index contributed by atoms with van der Waals surface area (Å²) in [5, 5.41) is 15.6. The maximum atomic E-state index is 13.6. The summed E-state index contributed by atoms with van der Waals surface area (Å²) in [5.41, 5.74) is 1.73. The van der Waals surface area contributed by atoms with E-state index in [1.807, 2.05) is 60.0 Å². The number of rotatable bonds is 10. The normalized spacial score (nSPS) is 11.5. The molecule has 5 rings (SSSR count). The van der Waals surface area contributed by atoms with Crippen molar-refractivity contribution in [3.8, 4) is 17.0 Å². The molecule has 14 heteroatoms. The Bertz CT molecular complexity index is 1920. The van der Waals surface area contributed by atoms with Crippen LogP contribution in [0.2, 0.25) is 20.1 Å². The molecule has 0 saturated carbocycles. The van der Waals surface area contributed by atoms with Crippen LogP contribution >= 0.6 is 69.5 Å². The van der Waals surface area contributed by atoms with Crippen LogP contribution in [0, 0.1) is 0 Å². The molecule has 4 aromatic carbocycles. The van der Waals surface area contributed by atoms with Gasteiger partial charge in [0.2, 0.25) is 5.91 Å². The summed E-state index contributed by atoms with van der Waals surface area (Å²) in [5.74, 6) is -1.88. The van der Waals surface area contributed by atoms with Gasteiger partial charge in [-0.25, -0.2) is 9.78 Å². The lowest BCUT2D eigenvalue weighted by Crippen LogP contribution is -2.19. The fourth-order valence-corrected chi connectivity index (χ4v) is 7.06. The first-order chi connectivity index (χ1) is 22.1. The summed E-state index contributed by atoms with van der Waals surface area (Å²) in [6.07, 6.45) is 0. The molecule has 3 N–H and O–H groups in total. The number of carbonyl (C=O) groups excluding carboxylic acids is 2. The van der Waals surface area contributed by atoms with Crippen LogP contribution in [0.15, 0.2) is 89.1 Å². The number of aromatic carboxylic acids is 1. The molecular formula is C32H21Cl4N3O5S2. The highest BCUT2D eigenvalue weighted by molar-refractivity contribution is 8.00. The van der Waals surface area contributed by atoms with E-state index in [0.717, 1.165) is 27.5 Å². The van der Waals surface area contributed by atoms with E-state index < -0.39 is 33.3 Å². The summed E-state index contributed by atoms with van der Waals surface area (Å²) in [6, 6.07) is 23.4. The van der Waals surface area contributed by atoms with E-state index in [4.69, 9.17) is 51.1 Å². The SMILES string of the molecule is COc1ccc(-c2csc(NC(=O)C(Sc3ccc(NC(=O)c4c(Cl)c(Cl)c(Cl)c(Cl)c4C(=O)O)cc3)c3ccccc3)n2)cc1. The number of carboxylic acids is 1. The minimum atomic E-state index is -1.50. The molecule has 46 heavy (non-hydrogen) atoms. The number of ether oxygens (including phenoxy) is 1. The van der Waals surface area contributed by atoms with E-state index in [0.29, 0.717) is 10.8 Å². The van der Waals surface area contributed by atoms with E-state index in [1.54, 1.807) is 31.4 Å². The van der Waals surface area contributed by atoms with Gasteiger partial charge in [0.1, 0.15) is 11.0 Å². The second-order valence-electron chi connectivity index (χ2n) is 9.45. The lowest BCUT2D eigenvalue weighted by Gasteiger charge is -2.17. The maximum Gasteiger partial charge on any atom is 0.338 e. The molecule has 1 aromatic heterocycles. The number of aromatic nitrogens is 1. The number of hydrogen-bond donors (Lipinski definition) is 3. The van der Waals surface area contributed by atoms with Crippen molar-refractivity contribution < 1.29 is 24.2 Å². The molecule has 8 nitrogen and oxygen atoms in total. The molecule has 1 heterocycles. The summed E-state index contributed by atoms with van der Waals surface area (Å²) in [6.45, 7) is 0. The zero-order valence-electron chi connectivity index (χ0n) is 23.5. The molecule has 0 saturated heterocycles. The maximum absolute atomic E-state index is 13.6. The second kappa shape index (κ2) is 14.8. The molecule has 0 aliphatic carbocycles. The van der Waals surface area contributed by atoms with Crippen molar-refractivity contribution in [1.82, 2.24) is 4.98 Å². The Kier molecular flexibility index (Phi) is 10.8. The lowest BCUT2D eigenvalue weighted by molar-refractivity contribution is -0.115. The van der Waals surface area contributed by atoms with Crippen LogP contribution in [-0.4, -0.2) is 35.0 Å². The van der Waals surface area contributed by atoms with Crippen LogP contribution in [0.4, 0.5) is 10.8 Å². The summed E-state index contributed by atoms with van der Waals surface area (Å²) in [7, 11) is 1.60. The van der Waals surface area contributed by atoms with Gasteiger partial charge >= 0.3 is 5.97 Å². The Balaban J connectivity index is 1.33. The van der Waals surface area contributed by atoms with Gasteiger partial charge in [0, 0.05) is 21.5 Å². The van der Waals surface area contributed by atoms with Crippen molar-refractivity contribution in [2.45, 2.75) is 10.1 Å². The molecule has 1 atom stereocenters. The van der Waals surface area contributed by atoms with Gasteiger partial charge in [0.05, 0.1) is 44.0 Å². The van der Waals surface area contributed by atoms with Crippen molar-refractivity contribution in [2.75, 3.05) is 17.7 Å². The predicted molar refractivity (Wildman–Crippen MR) is 186 cm³/mol. The first-order valence-corrected chi connectivity index (χ1v) is 16.5. The molecule has 5 aromatic rings. The summed E-state index contributed by atoms with van der Waals surface area (Å²) < 4.78 is 5.22. The second-order valence-corrected chi connectivity index (χ2v) is 13.0. The summed E-state index contributed by atoms with van der Waals surface area (Å²) in [4.78, 5) is 43.9. The van der Waals surface area contributed by atoms with Crippen molar-refractivity contribution >= 4 is 98.1 Å². The standard InChI is InChI=1S/C32H21Cl4N3O5S2/c1-44-19-11-7-16(8-12-19)21-15-45-32(38-21)39-30(41)28(17-5-3-2-4-6-17)46-20-13-9-18(10-14-20)37-29(40)22-23(31(42)43)25(34)27(36)26(35)24(22)33/h2-15,28H,1H3,(H,37,40)(H,42,43)(H,38,39,41). The Hall–Kier alpha value is -3.77. The third kappa shape index (κ3) is 7.44. The van der Waals surface area contributed by atoms with Crippen molar-refractivity contribution in [2.24, 2.45) is 0 Å². The highest BCUT2D eigenvalue weighted by atomic mass is 35.5. The molecule has 0 radical (unpaired) electrons. The number of carboxylic acid groups (broad SMARTS) is 1. The van der Waals surface area contributed by atoms with Gasteiger partial charge in [0.25, 0.3) is 5.91 Å². The average molecular weight is 733 g/mol. The number of hydrogen-bond acceptors (Lipinski definition) is 7. The molecule has 0 fully saturated rings. The number of nitrogens with zero attached hydrogens (tertiary/aromatic N) is 1. The van der Waals surface area contributed by atoms with Crippen LogP contribution in [0.1, 0.15) is 31.5 Å². The van der Waals surface area contributed by atoms with Gasteiger partial charge in [-0.1, -0.05) is 76.7 Å². The number of anilines is 2. The van der Waals surface area contributed by atoms with Gasteiger partial charge < -0.3 is 20.5 Å². The molecule has 0 aliphatic rings. The Labute approximate surface area is 291 Å². The number of methoxy groups -OCH3 is 1. The fourth-order valence-electron chi connectivity index (χ4n) is 4.29. The van der Waals surface area contributed by atoms with Crippen LogP contribution < -0.4 is 15.4 Å². The smallest absolute Gasteiger partial charge is 0.338 e. The number of thiazole rings is 1. The van der Waals surface area contributed by atoms with E-state index in [2.05, 4.69) is 15.6 Å². The number of benzene rings is 4. The fraction of sp³-hybridized carbons (Fsp3) is 0.0625. The Morgan fingerprint density at radius 1 is 0.826 bits per heavy atom. The third-order valence-corrected chi connectivity index (χ3v) is 10.4. The molecule has 234 valence electrons. The molecule has 0 spiro atoms. The molecule has 1 unspecified atom stereocenters. The van der Waals surface area contributed by atoms with Crippen LogP contribution in [-0.2, 0) is 4.79 Å². The molecule has 0 aliphatic heterocycles. The van der Waals surface area contributed by atoms with Crippen molar-refractivity contribution in [3.05, 3.63) is 121 Å². The Morgan fingerprint density at radius 2 is 1.46 bits per heavy atom. The van der Waals surface area contributed by atoms with Crippen molar-refractivity contribution in [1.29, 1.82) is 0 Å². The minimum Gasteiger partial charge on any atom is -0.497 e. The number of thioether (sulfide) groups is 1. The number of nitrogens with one attached hydrogen (secondary N) is 2. The quantitative estimate of drug-likeness (QED) is 0.0743. The zero-order valence-corrected chi connectivity index (χ0v) is 28.2. The first-order valence-electron chi connectivity index (χ1n) is 13.2. The summed E-state index contributed by atoms with van der Waals surface area (Å²) >= 11 is 27.0. The predicted octanol–water partition coefficient (Wildman–Crippen LogP) is 9.85. The van der Waals surface area contributed by atoms with Gasteiger partial charge in [-0.15, -0.1) is 23.1 Å². The highest BCUT2D eigenvalue weighted by Gasteiger charge is 2.29. The number of halogens is 4. The minimum absolute atomic E-state index is 0.241. The third-order valence-electron chi connectivity index (χ3n) is 6.53. The molecular weight excluding hydrogens is 712 g/mol. The van der Waals surface area contributed by atoms with E-state index >= 15 is 0 Å². The van der Waals surface area contributed by atoms with E-state index in [-0.39, 0.29) is 21.0 Å². The average Bonchev–Trinajstić information content (AvgIpc) is 3.53. The topological polar surface area (TPSA) is 118 Å². The monoisotopic (exact) mass is 731 g/mol. The first kappa shape index (κ1) is 33.6. The largest absolute Gasteiger partial charge is 0.497 e.